The molecule has 24 heavy (non-hydrogen) atoms. The van der Waals surface area contributed by atoms with Crippen LogP contribution in [0.5, 0.6) is 0 Å². The summed E-state index contributed by atoms with van der Waals surface area (Å²) in [5, 5.41) is -0.112. The van der Waals surface area contributed by atoms with E-state index in [1.165, 1.54) is 0 Å². The number of oxazole rings is 1. The van der Waals surface area contributed by atoms with Crippen molar-refractivity contribution < 1.29 is 12.8 Å². The second-order valence-electron chi connectivity index (χ2n) is 5.49. The fraction of sp³-hybridized carbons (Fsp3) is 0.105. The highest BCUT2D eigenvalue weighted by molar-refractivity contribution is 7.91. The Morgan fingerprint density at radius 2 is 1.58 bits per heavy atom. The van der Waals surface area contributed by atoms with Crippen LogP contribution in [-0.2, 0) is 9.84 Å². The largest absolute Gasteiger partial charge is 0.425 e. The summed E-state index contributed by atoms with van der Waals surface area (Å²) in [4.78, 5) is 4.40. The van der Waals surface area contributed by atoms with E-state index < -0.39 is 9.84 Å². The van der Waals surface area contributed by atoms with E-state index in [1.54, 1.807) is 37.3 Å². The molecule has 0 aliphatic carbocycles. The third-order valence-corrected chi connectivity index (χ3v) is 5.32. The van der Waals surface area contributed by atoms with E-state index >= 15 is 0 Å². The molecule has 0 aliphatic heterocycles. The molecule has 0 saturated heterocycles. The highest BCUT2D eigenvalue weighted by Crippen LogP contribution is 2.25. The summed E-state index contributed by atoms with van der Waals surface area (Å²) < 4.78 is 30.9. The first kappa shape index (κ1) is 16.2. The lowest BCUT2D eigenvalue weighted by Crippen LogP contribution is -2.02. The van der Waals surface area contributed by atoms with Gasteiger partial charge in [0.25, 0.3) is 0 Å². The Labute approximate surface area is 141 Å². The molecular formula is C19H17NO3S. The van der Waals surface area contributed by atoms with Crippen LogP contribution in [0.1, 0.15) is 22.7 Å². The van der Waals surface area contributed by atoms with E-state index in [2.05, 4.69) is 4.98 Å². The molecule has 1 heterocycles. The molecule has 0 saturated carbocycles. The van der Waals surface area contributed by atoms with E-state index in [-0.39, 0.29) is 15.9 Å². The molecule has 0 fully saturated rings. The average Bonchev–Trinajstić information content (AvgIpc) is 2.96. The molecule has 3 rings (SSSR count). The first-order chi connectivity index (χ1) is 11.5. The zero-order valence-corrected chi connectivity index (χ0v) is 14.2. The first-order valence-electron chi connectivity index (χ1n) is 7.49. The zero-order chi connectivity index (χ0) is 17.2. The lowest BCUT2D eigenvalue weighted by Gasteiger charge is -2.02. The summed E-state index contributed by atoms with van der Waals surface area (Å²) in [5.74, 6) is 0.266. The van der Waals surface area contributed by atoms with E-state index in [0.29, 0.717) is 5.69 Å². The zero-order valence-electron chi connectivity index (χ0n) is 13.4. The maximum absolute atomic E-state index is 12.7. The summed E-state index contributed by atoms with van der Waals surface area (Å²) in [6.45, 7) is 3.53. The van der Waals surface area contributed by atoms with Gasteiger partial charge in [0, 0.05) is 6.08 Å². The normalized spacial score (nSPS) is 11.9. The predicted molar refractivity (Wildman–Crippen MR) is 93.2 cm³/mol. The highest BCUT2D eigenvalue weighted by Gasteiger charge is 2.25. The molecule has 0 atom stereocenters. The minimum Gasteiger partial charge on any atom is -0.425 e. The van der Waals surface area contributed by atoms with Gasteiger partial charge in [-0.25, -0.2) is 13.4 Å². The van der Waals surface area contributed by atoms with Crippen molar-refractivity contribution in [2.75, 3.05) is 0 Å². The van der Waals surface area contributed by atoms with Gasteiger partial charge < -0.3 is 4.42 Å². The van der Waals surface area contributed by atoms with Crippen molar-refractivity contribution in [1.82, 2.24) is 4.98 Å². The van der Waals surface area contributed by atoms with Crippen LogP contribution in [-0.4, -0.2) is 13.4 Å². The van der Waals surface area contributed by atoms with Crippen molar-refractivity contribution in [3.05, 3.63) is 77.3 Å². The highest BCUT2D eigenvalue weighted by atomic mass is 32.2. The van der Waals surface area contributed by atoms with Crippen LogP contribution in [0.3, 0.4) is 0 Å². The Morgan fingerprint density at radius 1 is 0.917 bits per heavy atom. The van der Waals surface area contributed by atoms with Gasteiger partial charge in [0.05, 0.1) is 10.6 Å². The van der Waals surface area contributed by atoms with Gasteiger partial charge in [-0.05, 0) is 37.6 Å². The van der Waals surface area contributed by atoms with Gasteiger partial charge >= 0.3 is 0 Å². The van der Waals surface area contributed by atoms with Crippen molar-refractivity contribution in [2.24, 2.45) is 0 Å². The summed E-state index contributed by atoms with van der Waals surface area (Å²) in [6, 6.07) is 16.3. The number of benzene rings is 2. The van der Waals surface area contributed by atoms with Crippen LogP contribution in [0, 0.1) is 13.8 Å². The molecular weight excluding hydrogens is 322 g/mol. The van der Waals surface area contributed by atoms with Crippen molar-refractivity contribution in [2.45, 2.75) is 23.8 Å². The minimum absolute atomic E-state index is 0.112. The van der Waals surface area contributed by atoms with Gasteiger partial charge in [0.15, 0.2) is 0 Å². The number of aromatic nitrogens is 1. The van der Waals surface area contributed by atoms with Crippen LogP contribution in [0.4, 0.5) is 0 Å². The summed E-state index contributed by atoms with van der Waals surface area (Å²) >= 11 is 0. The van der Waals surface area contributed by atoms with Crippen LogP contribution in [0.2, 0.25) is 0 Å². The average molecular weight is 339 g/mol. The van der Waals surface area contributed by atoms with E-state index in [1.807, 2.05) is 43.3 Å². The van der Waals surface area contributed by atoms with Gasteiger partial charge in [-0.1, -0.05) is 48.0 Å². The Balaban J connectivity index is 1.94. The van der Waals surface area contributed by atoms with Crippen LogP contribution in [0.25, 0.3) is 12.2 Å². The van der Waals surface area contributed by atoms with Crippen molar-refractivity contribution >= 4 is 22.0 Å². The Morgan fingerprint density at radius 3 is 2.25 bits per heavy atom. The standard InChI is InChI=1S/C19H17NO3S/c1-14-8-11-17(12-9-14)24(21,22)19-15(2)20-18(23-19)13-10-16-6-4-3-5-7-16/h3-13H,1-2H3/b13-10+. The molecule has 0 aliphatic rings. The van der Waals surface area contributed by atoms with Crippen LogP contribution in [0.15, 0.2) is 69.0 Å². The van der Waals surface area contributed by atoms with Crippen molar-refractivity contribution in [3.63, 3.8) is 0 Å². The summed E-state index contributed by atoms with van der Waals surface area (Å²) in [7, 11) is -3.71. The SMILES string of the molecule is Cc1ccc(S(=O)(=O)c2oc(/C=C/c3ccccc3)nc2C)cc1. The fourth-order valence-electron chi connectivity index (χ4n) is 2.28. The summed E-state index contributed by atoms with van der Waals surface area (Å²) in [5.41, 5.74) is 2.33. The second kappa shape index (κ2) is 6.45. The molecule has 0 unspecified atom stereocenters. The molecule has 0 amide bonds. The topological polar surface area (TPSA) is 60.2 Å². The number of hydrogen-bond donors (Lipinski definition) is 0. The van der Waals surface area contributed by atoms with Crippen molar-refractivity contribution in [3.8, 4) is 0 Å². The third-order valence-electron chi connectivity index (χ3n) is 3.56. The van der Waals surface area contributed by atoms with Gasteiger partial charge in [-0.3, -0.25) is 0 Å². The van der Waals surface area contributed by atoms with Crippen molar-refractivity contribution in [1.29, 1.82) is 0 Å². The maximum atomic E-state index is 12.7. The Hall–Kier alpha value is -2.66. The number of rotatable bonds is 4. The second-order valence-corrected chi connectivity index (χ2v) is 7.33. The van der Waals surface area contributed by atoms with Gasteiger partial charge in [0.1, 0.15) is 0 Å². The van der Waals surface area contributed by atoms with E-state index in [0.717, 1.165) is 11.1 Å². The predicted octanol–water partition coefficient (Wildman–Crippen LogP) is 4.29. The van der Waals surface area contributed by atoms with Crippen LogP contribution < -0.4 is 0 Å². The number of sulfone groups is 1. The van der Waals surface area contributed by atoms with Gasteiger partial charge in [-0.15, -0.1) is 0 Å². The van der Waals surface area contributed by atoms with Crippen LogP contribution >= 0.6 is 0 Å². The molecule has 4 nitrogen and oxygen atoms in total. The van der Waals surface area contributed by atoms with Gasteiger partial charge in [-0.2, -0.15) is 0 Å². The first-order valence-corrected chi connectivity index (χ1v) is 8.97. The lowest BCUT2D eigenvalue weighted by molar-refractivity contribution is 0.437. The van der Waals surface area contributed by atoms with E-state index in [4.69, 9.17) is 4.42 Å². The number of hydrogen-bond acceptors (Lipinski definition) is 4. The summed E-state index contributed by atoms with van der Waals surface area (Å²) in [6.07, 6.45) is 3.49. The molecule has 5 heteroatoms. The molecule has 122 valence electrons. The smallest absolute Gasteiger partial charge is 0.246 e. The van der Waals surface area contributed by atoms with Gasteiger partial charge in [0.2, 0.25) is 20.8 Å². The quantitative estimate of drug-likeness (QED) is 0.711. The monoisotopic (exact) mass is 339 g/mol. The third kappa shape index (κ3) is 3.31. The fourth-order valence-corrected chi connectivity index (χ4v) is 3.62. The number of nitrogens with zero attached hydrogens (tertiary/aromatic N) is 1. The molecule has 0 spiro atoms. The Bertz CT molecular complexity index is 969. The molecule has 2 aromatic carbocycles. The molecule has 3 aromatic rings. The molecule has 0 bridgehead atoms. The lowest BCUT2D eigenvalue weighted by atomic mass is 10.2. The van der Waals surface area contributed by atoms with E-state index in [9.17, 15) is 8.42 Å². The maximum Gasteiger partial charge on any atom is 0.246 e. The Kier molecular flexibility index (Phi) is 4.36. The number of aryl methyl sites for hydroxylation is 2. The molecule has 0 N–H and O–H groups in total. The molecule has 0 radical (unpaired) electrons. The molecule has 1 aromatic heterocycles. The minimum atomic E-state index is -3.71.